The van der Waals surface area contributed by atoms with E-state index in [1.54, 1.807) is 18.2 Å². The van der Waals surface area contributed by atoms with Gasteiger partial charge < -0.3 is 14.8 Å². The van der Waals surface area contributed by atoms with Crippen molar-refractivity contribution < 1.29 is 14.3 Å². The molecule has 0 aliphatic heterocycles. The van der Waals surface area contributed by atoms with Crippen molar-refractivity contribution in [1.29, 1.82) is 0 Å². The van der Waals surface area contributed by atoms with Gasteiger partial charge in [0.1, 0.15) is 17.3 Å². The average molecular weight is 364 g/mol. The molecule has 0 aliphatic rings. The lowest BCUT2D eigenvalue weighted by molar-refractivity contribution is 0.0939. The van der Waals surface area contributed by atoms with Gasteiger partial charge in [-0.1, -0.05) is 24.3 Å². The molecule has 2 aromatic carbocycles. The van der Waals surface area contributed by atoms with Gasteiger partial charge in [-0.2, -0.15) is 0 Å². The fraction of sp³-hybridized carbons (Fsp3) is 0.227. The molecule has 0 saturated heterocycles. The molecule has 0 spiro atoms. The number of nitrogens with zero attached hydrogens (tertiary/aromatic N) is 1. The van der Waals surface area contributed by atoms with Gasteiger partial charge in [-0.3, -0.25) is 9.69 Å². The van der Waals surface area contributed by atoms with Crippen LogP contribution in [0.1, 0.15) is 27.9 Å². The van der Waals surface area contributed by atoms with E-state index < -0.39 is 0 Å². The van der Waals surface area contributed by atoms with E-state index in [9.17, 15) is 9.90 Å². The minimum atomic E-state index is -0.134. The molecule has 2 N–H and O–H groups in total. The molecule has 3 aromatic rings. The topological polar surface area (TPSA) is 65.7 Å². The third kappa shape index (κ3) is 4.57. The van der Waals surface area contributed by atoms with Crippen LogP contribution in [0.5, 0.6) is 5.75 Å². The summed E-state index contributed by atoms with van der Waals surface area (Å²) in [6, 6.07) is 18.2. The lowest BCUT2D eigenvalue weighted by Crippen LogP contribution is -2.34. The predicted octanol–water partition coefficient (Wildman–Crippen LogP) is 3.99. The van der Waals surface area contributed by atoms with Crippen molar-refractivity contribution in [3.05, 3.63) is 77.7 Å². The SMILES string of the molecule is Cc1ccc([C@@H](CNC(=O)c2cccc(-c3ccc(O)cc3)c2)N(C)C)o1. The molecule has 1 atom stereocenters. The van der Waals surface area contributed by atoms with Crippen molar-refractivity contribution in [3.63, 3.8) is 0 Å². The third-order valence-electron chi connectivity index (χ3n) is 4.49. The number of phenolic OH excluding ortho intramolecular Hbond substituents is 1. The Morgan fingerprint density at radius 1 is 1.07 bits per heavy atom. The summed E-state index contributed by atoms with van der Waals surface area (Å²) in [5.41, 5.74) is 2.46. The summed E-state index contributed by atoms with van der Waals surface area (Å²) in [5, 5.41) is 12.4. The number of hydrogen-bond donors (Lipinski definition) is 2. The van der Waals surface area contributed by atoms with Crippen molar-refractivity contribution in [2.75, 3.05) is 20.6 Å². The minimum Gasteiger partial charge on any atom is -0.508 e. The molecule has 0 radical (unpaired) electrons. The molecule has 140 valence electrons. The summed E-state index contributed by atoms with van der Waals surface area (Å²) in [6.45, 7) is 2.35. The number of nitrogens with one attached hydrogen (secondary N) is 1. The Labute approximate surface area is 159 Å². The van der Waals surface area contributed by atoms with Crippen molar-refractivity contribution in [2.45, 2.75) is 13.0 Å². The van der Waals surface area contributed by atoms with Crippen LogP contribution < -0.4 is 5.32 Å². The van der Waals surface area contributed by atoms with Gasteiger partial charge in [-0.05, 0) is 68.5 Å². The summed E-state index contributed by atoms with van der Waals surface area (Å²) in [6.07, 6.45) is 0. The highest BCUT2D eigenvalue weighted by Crippen LogP contribution is 2.23. The molecule has 1 amide bonds. The summed E-state index contributed by atoms with van der Waals surface area (Å²) < 4.78 is 5.72. The highest BCUT2D eigenvalue weighted by atomic mass is 16.3. The molecule has 0 unspecified atom stereocenters. The van der Waals surface area contributed by atoms with Crippen LogP contribution in [0, 0.1) is 6.92 Å². The number of aromatic hydroxyl groups is 1. The Morgan fingerprint density at radius 2 is 1.81 bits per heavy atom. The molecule has 0 fully saturated rings. The molecule has 1 aromatic heterocycles. The first-order valence-corrected chi connectivity index (χ1v) is 8.84. The smallest absolute Gasteiger partial charge is 0.251 e. The number of furan rings is 1. The van der Waals surface area contributed by atoms with Gasteiger partial charge >= 0.3 is 0 Å². The summed E-state index contributed by atoms with van der Waals surface area (Å²) in [5.74, 6) is 1.77. The van der Waals surface area contributed by atoms with Gasteiger partial charge in [0.25, 0.3) is 5.91 Å². The van der Waals surface area contributed by atoms with E-state index in [0.717, 1.165) is 22.6 Å². The van der Waals surface area contributed by atoms with E-state index in [-0.39, 0.29) is 17.7 Å². The van der Waals surface area contributed by atoms with Gasteiger partial charge in [0.2, 0.25) is 0 Å². The van der Waals surface area contributed by atoms with Crippen LogP contribution >= 0.6 is 0 Å². The molecular formula is C22H24N2O3. The second-order valence-corrected chi connectivity index (χ2v) is 6.77. The maximum atomic E-state index is 12.6. The Bertz CT molecular complexity index is 913. The van der Waals surface area contributed by atoms with Crippen LogP contribution in [0.3, 0.4) is 0 Å². The van der Waals surface area contributed by atoms with Crippen LogP contribution in [-0.4, -0.2) is 36.6 Å². The van der Waals surface area contributed by atoms with Gasteiger partial charge in [0.15, 0.2) is 0 Å². The number of phenols is 1. The van der Waals surface area contributed by atoms with Gasteiger partial charge in [-0.25, -0.2) is 0 Å². The van der Waals surface area contributed by atoms with Crippen LogP contribution in [0.2, 0.25) is 0 Å². The van der Waals surface area contributed by atoms with E-state index in [1.165, 1.54) is 0 Å². The standard InChI is InChI=1S/C22H24N2O3/c1-15-7-12-21(27-15)20(24(2)3)14-23-22(26)18-6-4-5-17(13-18)16-8-10-19(25)11-9-16/h4-13,20,25H,14H2,1-3H3,(H,23,26)/t20-/m1/s1. The Kier molecular flexibility index (Phi) is 5.62. The van der Waals surface area contributed by atoms with E-state index in [4.69, 9.17) is 4.42 Å². The first kappa shape index (κ1) is 18.7. The molecular weight excluding hydrogens is 340 g/mol. The number of carbonyl (C=O) groups excluding carboxylic acids is 1. The maximum absolute atomic E-state index is 12.6. The normalized spacial score (nSPS) is 12.1. The second kappa shape index (κ2) is 8.10. The maximum Gasteiger partial charge on any atom is 0.251 e. The zero-order valence-corrected chi connectivity index (χ0v) is 15.8. The van der Waals surface area contributed by atoms with E-state index in [2.05, 4.69) is 5.32 Å². The number of amides is 1. The zero-order chi connectivity index (χ0) is 19.4. The van der Waals surface area contributed by atoms with E-state index >= 15 is 0 Å². The second-order valence-electron chi connectivity index (χ2n) is 6.77. The fourth-order valence-corrected chi connectivity index (χ4v) is 2.96. The monoisotopic (exact) mass is 364 g/mol. The molecule has 0 bridgehead atoms. The minimum absolute atomic E-state index is 0.0390. The number of hydrogen-bond acceptors (Lipinski definition) is 4. The zero-order valence-electron chi connectivity index (χ0n) is 15.8. The van der Waals surface area contributed by atoms with Crippen molar-refractivity contribution in [3.8, 4) is 16.9 Å². The lowest BCUT2D eigenvalue weighted by atomic mass is 10.0. The largest absolute Gasteiger partial charge is 0.508 e. The first-order valence-electron chi connectivity index (χ1n) is 8.84. The van der Waals surface area contributed by atoms with Crippen LogP contribution in [0.4, 0.5) is 0 Å². The highest BCUT2D eigenvalue weighted by molar-refractivity contribution is 5.95. The van der Waals surface area contributed by atoms with Gasteiger partial charge in [-0.15, -0.1) is 0 Å². The van der Waals surface area contributed by atoms with E-state index in [1.807, 2.05) is 68.4 Å². The van der Waals surface area contributed by atoms with Crippen molar-refractivity contribution >= 4 is 5.91 Å². The quantitative estimate of drug-likeness (QED) is 0.694. The highest BCUT2D eigenvalue weighted by Gasteiger charge is 2.19. The third-order valence-corrected chi connectivity index (χ3v) is 4.49. The molecule has 0 aliphatic carbocycles. The summed E-state index contributed by atoms with van der Waals surface area (Å²) in [7, 11) is 3.92. The van der Waals surface area contributed by atoms with Crippen molar-refractivity contribution in [2.24, 2.45) is 0 Å². The number of benzene rings is 2. The van der Waals surface area contributed by atoms with E-state index in [0.29, 0.717) is 12.1 Å². The molecule has 27 heavy (non-hydrogen) atoms. The van der Waals surface area contributed by atoms with Crippen LogP contribution in [-0.2, 0) is 0 Å². The molecule has 0 saturated carbocycles. The molecule has 3 rings (SSSR count). The first-order chi connectivity index (χ1) is 12.9. The number of likely N-dealkylation sites (N-methyl/N-ethyl adjacent to an activating group) is 1. The van der Waals surface area contributed by atoms with Gasteiger partial charge in [0, 0.05) is 12.1 Å². The van der Waals surface area contributed by atoms with Crippen LogP contribution in [0.25, 0.3) is 11.1 Å². The fourth-order valence-electron chi connectivity index (χ4n) is 2.96. The number of rotatable bonds is 6. The lowest BCUT2D eigenvalue weighted by Gasteiger charge is -2.22. The average Bonchev–Trinajstić information content (AvgIpc) is 3.08. The molecule has 5 heteroatoms. The molecule has 1 heterocycles. The Hall–Kier alpha value is -3.05. The summed E-state index contributed by atoms with van der Waals surface area (Å²) in [4.78, 5) is 14.7. The van der Waals surface area contributed by atoms with Crippen molar-refractivity contribution in [1.82, 2.24) is 10.2 Å². The predicted molar refractivity (Wildman–Crippen MR) is 106 cm³/mol. The molecule has 5 nitrogen and oxygen atoms in total. The van der Waals surface area contributed by atoms with Crippen LogP contribution in [0.15, 0.2) is 65.1 Å². The number of aryl methyl sites for hydroxylation is 1. The Morgan fingerprint density at radius 3 is 2.44 bits per heavy atom. The Balaban J connectivity index is 1.72. The summed E-state index contributed by atoms with van der Waals surface area (Å²) >= 11 is 0. The number of carbonyl (C=O) groups is 1. The van der Waals surface area contributed by atoms with Gasteiger partial charge in [0.05, 0.1) is 6.04 Å².